The molecule has 0 unspecified atom stereocenters. The Morgan fingerprint density at radius 2 is 2.06 bits per heavy atom. The van der Waals surface area contributed by atoms with Gasteiger partial charge in [0.2, 0.25) is 0 Å². The Morgan fingerprint density at radius 1 is 1.44 bits per heavy atom. The molecule has 1 aromatic rings. The van der Waals surface area contributed by atoms with Crippen LogP contribution in [-0.2, 0) is 14.3 Å². The summed E-state index contributed by atoms with van der Waals surface area (Å²) in [5.41, 5.74) is 8.62. The van der Waals surface area contributed by atoms with Crippen LogP contribution in [0, 0.1) is 0 Å². The van der Waals surface area contributed by atoms with Crippen molar-refractivity contribution in [1.82, 2.24) is 0 Å². The predicted octanol–water partition coefficient (Wildman–Crippen LogP) is 1.90. The van der Waals surface area contributed by atoms with Crippen LogP contribution in [0.3, 0.4) is 0 Å². The molecule has 92 valence electrons. The van der Waals surface area contributed by atoms with Gasteiger partial charge < -0.3 is 10.3 Å². The molecule has 0 spiro atoms. The largest absolute Gasteiger partial charge is 0.457 e. The number of carbonyl (C=O) groups excluding carboxylic acids is 2. The first-order valence-corrected chi connectivity index (χ1v) is 5.84. The SMILES string of the molecule is CCOC(=O)C(=[N+]=[N-])C(=C=O)c1ccc(Br)cc1. The molecule has 0 aliphatic rings. The lowest BCUT2D eigenvalue weighted by molar-refractivity contribution is -0.139. The van der Waals surface area contributed by atoms with Gasteiger partial charge in [0.1, 0.15) is 5.94 Å². The first-order chi connectivity index (χ1) is 8.63. The van der Waals surface area contributed by atoms with Gasteiger partial charge in [-0.2, -0.15) is 4.79 Å². The van der Waals surface area contributed by atoms with Gasteiger partial charge >= 0.3 is 11.7 Å². The number of rotatable bonds is 4. The van der Waals surface area contributed by atoms with E-state index < -0.39 is 11.7 Å². The minimum atomic E-state index is -0.874. The van der Waals surface area contributed by atoms with Crippen LogP contribution >= 0.6 is 15.9 Å². The number of hydrogen-bond donors (Lipinski definition) is 0. The van der Waals surface area contributed by atoms with Crippen LogP contribution in [-0.4, -0.2) is 29.0 Å². The van der Waals surface area contributed by atoms with Crippen LogP contribution in [0.1, 0.15) is 12.5 Å². The van der Waals surface area contributed by atoms with Gasteiger partial charge in [-0.25, -0.2) is 9.59 Å². The van der Waals surface area contributed by atoms with Gasteiger partial charge in [0.25, 0.3) is 0 Å². The van der Waals surface area contributed by atoms with Gasteiger partial charge in [0, 0.05) is 10.0 Å². The molecule has 1 aromatic carbocycles. The van der Waals surface area contributed by atoms with Gasteiger partial charge in [0.15, 0.2) is 5.57 Å². The summed E-state index contributed by atoms with van der Waals surface area (Å²) in [5.74, 6) is 0.714. The maximum Gasteiger partial charge on any atom is 0.423 e. The van der Waals surface area contributed by atoms with E-state index in [-0.39, 0.29) is 12.2 Å². The number of halogens is 1. The highest BCUT2D eigenvalue weighted by Gasteiger charge is 2.29. The number of carbonyl (C=O) groups is 1. The highest BCUT2D eigenvalue weighted by atomic mass is 79.9. The summed E-state index contributed by atoms with van der Waals surface area (Å²) in [5, 5.41) is 0. The van der Waals surface area contributed by atoms with Crippen LogP contribution in [0.2, 0.25) is 0 Å². The molecule has 0 saturated heterocycles. The van der Waals surface area contributed by atoms with Crippen molar-refractivity contribution in [2.45, 2.75) is 6.92 Å². The van der Waals surface area contributed by atoms with Gasteiger partial charge in [0.05, 0.1) is 6.61 Å². The lowest BCUT2D eigenvalue weighted by Gasteiger charge is -2.00. The van der Waals surface area contributed by atoms with Crippen molar-refractivity contribution in [3.8, 4) is 0 Å². The summed E-state index contributed by atoms with van der Waals surface area (Å²) in [6, 6.07) is 6.56. The second-order valence-corrected chi connectivity index (χ2v) is 4.07. The number of hydrogen-bond acceptors (Lipinski definition) is 3. The highest BCUT2D eigenvalue weighted by molar-refractivity contribution is 9.10. The fourth-order valence-corrected chi connectivity index (χ4v) is 1.52. The topological polar surface area (TPSA) is 79.8 Å². The standard InChI is InChI=1S/C12H9BrN2O3/c1-2-18-12(17)11(15-14)10(7-16)8-3-5-9(13)6-4-8/h3-6H,2H2,1H3. The van der Waals surface area contributed by atoms with E-state index in [1.807, 2.05) is 0 Å². The predicted molar refractivity (Wildman–Crippen MR) is 68.5 cm³/mol. The Hall–Kier alpha value is -2.00. The van der Waals surface area contributed by atoms with Crippen LogP contribution in [0.15, 0.2) is 28.7 Å². The Morgan fingerprint density at radius 3 is 2.50 bits per heavy atom. The smallest absolute Gasteiger partial charge is 0.423 e. The average molecular weight is 309 g/mol. The quantitative estimate of drug-likeness (QED) is 0.280. The molecule has 0 radical (unpaired) electrons. The molecule has 0 aromatic heterocycles. The first-order valence-electron chi connectivity index (χ1n) is 5.04. The second-order valence-electron chi connectivity index (χ2n) is 3.15. The Bertz CT molecular complexity index is 553. The minimum absolute atomic E-state index is 0.115. The third-order valence-corrected chi connectivity index (χ3v) is 2.57. The molecule has 18 heavy (non-hydrogen) atoms. The van der Waals surface area contributed by atoms with E-state index in [0.717, 1.165) is 4.47 Å². The van der Waals surface area contributed by atoms with Crippen LogP contribution in [0.5, 0.6) is 0 Å². The van der Waals surface area contributed by atoms with E-state index >= 15 is 0 Å². The van der Waals surface area contributed by atoms with Gasteiger partial charge in [-0.1, -0.05) is 28.1 Å². The van der Waals surface area contributed by atoms with Crippen molar-refractivity contribution >= 4 is 39.1 Å². The van der Waals surface area contributed by atoms with Gasteiger partial charge in [-0.3, -0.25) is 0 Å². The lowest BCUT2D eigenvalue weighted by atomic mass is 10.0. The molecule has 0 fully saturated rings. The van der Waals surface area contributed by atoms with Crippen molar-refractivity contribution in [2.75, 3.05) is 6.61 Å². The number of esters is 1. The molecule has 0 amide bonds. The van der Waals surface area contributed by atoms with E-state index in [1.165, 1.54) is 0 Å². The van der Waals surface area contributed by atoms with E-state index in [0.29, 0.717) is 5.56 Å². The molecular formula is C12H9BrN2O3. The molecule has 0 bridgehead atoms. The average Bonchev–Trinajstić information content (AvgIpc) is 2.37. The molecule has 0 atom stereocenters. The molecule has 1 rings (SSSR count). The fraction of sp³-hybridized carbons (Fsp3) is 0.167. The molecule has 0 aliphatic carbocycles. The minimum Gasteiger partial charge on any atom is -0.457 e. The first kappa shape index (κ1) is 14.1. The third kappa shape index (κ3) is 3.25. The summed E-state index contributed by atoms with van der Waals surface area (Å²) >= 11 is 3.25. The summed E-state index contributed by atoms with van der Waals surface area (Å²) in [7, 11) is 0. The summed E-state index contributed by atoms with van der Waals surface area (Å²) in [6.45, 7) is 1.72. The summed E-state index contributed by atoms with van der Waals surface area (Å²) < 4.78 is 5.50. The van der Waals surface area contributed by atoms with E-state index in [2.05, 4.69) is 25.5 Å². The third-order valence-electron chi connectivity index (χ3n) is 2.04. The van der Waals surface area contributed by atoms with Crippen LogP contribution in [0.4, 0.5) is 0 Å². The molecule has 6 heteroatoms. The van der Waals surface area contributed by atoms with Gasteiger partial charge in [-0.05, 0) is 19.1 Å². The van der Waals surface area contributed by atoms with Crippen molar-refractivity contribution in [3.05, 3.63) is 39.8 Å². The van der Waals surface area contributed by atoms with Gasteiger partial charge in [-0.15, -0.1) is 0 Å². The Balaban J connectivity index is 3.18. The zero-order valence-corrected chi connectivity index (χ0v) is 11.1. The second kappa shape index (κ2) is 6.67. The van der Waals surface area contributed by atoms with Crippen LogP contribution < -0.4 is 0 Å². The number of nitrogens with zero attached hydrogens (tertiary/aromatic N) is 2. The van der Waals surface area contributed by atoms with Crippen molar-refractivity contribution in [2.24, 2.45) is 0 Å². The summed E-state index contributed by atoms with van der Waals surface area (Å²) in [4.78, 5) is 25.2. The molecule has 0 saturated carbocycles. The van der Waals surface area contributed by atoms with E-state index in [9.17, 15) is 9.59 Å². The lowest BCUT2D eigenvalue weighted by Crippen LogP contribution is -2.20. The Labute approximate surface area is 112 Å². The van der Waals surface area contributed by atoms with E-state index in [4.69, 9.17) is 5.53 Å². The molecule has 5 nitrogen and oxygen atoms in total. The maximum absolute atomic E-state index is 11.5. The normalized spacial score (nSPS) is 9.00. The molecular weight excluding hydrogens is 300 g/mol. The maximum atomic E-state index is 11.5. The number of benzene rings is 1. The number of ether oxygens (including phenoxy) is 1. The molecule has 0 heterocycles. The summed E-state index contributed by atoms with van der Waals surface area (Å²) in [6.07, 6.45) is 0. The zero-order valence-electron chi connectivity index (χ0n) is 9.51. The van der Waals surface area contributed by atoms with E-state index in [1.54, 1.807) is 37.1 Å². The molecule has 0 N–H and O–H groups in total. The van der Waals surface area contributed by atoms with Crippen molar-refractivity contribution in [1.29, 1.82) is 0 Å². The van der Waals surface area contributed by atoms with Crippen molar-refractivity contribution in [3.63, 3.8) is 0 Å². The van der Waals surface area contributed by atoms with Crippen molar-refractivity contribution < 1.29 is 19.1 Å². The zero-order chi connectivity index (χ0) is 13.5. The monoisotopic (exact) mass is 308 g/mol. The molecule has 0 aliphatic heterocycles. The van der Waals surface area contributed by atoms with Crippen LogP contribution in [0.25, 0.3) is 11.1 Å². The highest BCUT2D eigenvalue weighted by Crippen LogP contribution is 2.17. The fourth-order valence-electron chi connectivity index (χ4n) is 1.25. The Kier molecular flexibility index (Phi) is 5.21.